The zero-order chi connectivity index (χ0) is 13.5. The number of hydrogen-bond acceptors (Lipinski definition) is 3. The monoisotopic (exact) mass is 252 g/mol. The SMILES string of the molecule is C#CCN1CCC(NC(CC(C)C)C(=O)O)CC1. The van der Waals surface area contributed by atoms with Crippen LogP contribution in [-0.2, 0) is 4.79 Å². The topological polar surface area (TPSA) is 52.6 Å². The molecule has 1 aliphatic heterocycles. The van der Waals surface area contributed by atoms with Gasteiger partial charge in [0.05, 0.1) is 6.54 Å². The van der Waals surface area contributed by atoms with E-state index in [1.54, 1.807) is 0 Å². The van der Waals surface area contributed by atoms with Gasteiger partial charge in [-0.05, 0) is 25.2 Å². The molecule has 0 spiro atoms. The van der Waals surface area contributed by atoms with Crippen LogP contribution in [0.3, 0.4) is 0 Å². The lowest BCUT2D eigenvalue weighted by atomic mass is 9.99. The number of aliphatic carboxylic acids is 1. The number of rotatable bonds is 6. The Balaban J connectivity index is 2.38. The summed E-state index contributed by atoms with van der Waals surface area (Å²) < 4.78 is 0. The second-order valence-corrected chi connectivity index (χ2v) is 5.44. The van der Waals surface area contributed by atoms with Gasteiger partial charge in [-0.3, -0.25) is 9.69 Å². The first-order valence-electron chi connectivity index (χ1n) is 6.67. The summed E-state index contributed by atoms with van der Waals surface area (Å²) >= 11 is 0. The summed E-state index contributed by atoms with van der Waals surface area (Å²) in [6, 6.07) is -0.118. The highest BCUT2D eigenvalue weighted by Gasteiger charge is 2.25. The number of carboxylic acid groups (broad SMARTS) is 1. The van der Waals surface area contributed by atoms with Gasteiger partial charge < -0.3 is 10.4 Å². The van der Waals surface area contributed by atoms with Crippen LogP contribution in [-0.4, -0.2) is 47.7 Å². The van der Waals surface area contributed by atoms with Crippen molar-refractivity contribution in [2.75, 3.05) is 19.6 Å². The third kappa shape index (κ3) is 5.07. The molecule has 0 bridgehead atoms. The average molecular weight is 252 g/mol. The molecule has 1 rings (SSSR count). The van der Waals surface area contributed by atoms with E-state index in [0.717, 1.165) is 25.9 Å². The van der Waals surface area contributed by atoms with E-state index in [9.17, 15) is 9.90 Å². The largest absolute Gasteiger partial charge is 0.480 e. The minimum absolute atomic E-state index is 0.305. The Labute approximate surface area is 110 Å². The summed E-state index contributed by atoms with van der Waals surface area (Å²) in [6.45, 7) is 6.70. The van der Waals surface area contributed by atoms with E-state index in [1.165, 1.54) is 0 Å². The average Bonchev–Trinajstić information content (AvgIpc) is 2.30. The van der Waals surface area contributed by atoms with Crippen LogP contribution >= 0.6 is 0 Å². The van der Waals surface area contributed by atoms with Crippen LogP contribution in [0.2, 0.25) is 0 Å². The van der Waals surface area contributed by atoms with Crippen molar-refractivity contribution in [3.05, 3.63) is 0 Å². The Bertz CT molecular complexity index is 301. The molecule has 0 aromatic rings. The fourth-order valence-electron chi connectivity index (χ4n) is 2.38. The Morgan fingerprint density at radius 2 is 2.11 bits per heavy atom. The van der Waals surface area contributed by atoms with Gasteiger partial charge in [-0.1, -0.05) is 19.8 Å². The summed E-state index contributed by atoms with van der Waals surface area (Å²) in [6.07, 6.45) is 7.92. The molecule has 0 aromatic carbocycles. The quantitative estimate of drug-likeness (QED) is 0.697. The van der Waals surface area contributed by atoms with Crippen LogP contribution in [0.15, 0.2) is 0 Å². The minimum Gasteiger partial charge on any atom is -0.480 e. The van der Waals surface area contributed by atoms with Gasteiger partial charge in [-0.25, -0.2) is 0 Å². The van der Waals surface area contributed by atoms with Crippen LogP contribution in [0.25, 0.3) is 0 Å². The molecule has 18 heavy (non-hydrogen) atoms. The number of terminal acetylenes is 1. The smallest absolute Gasteiger partial charge is 0.320 e. The molecular formula is C14H24N2O2. The fraction of sp³-hybridized carbons (Fsp3) is 0.786. The summed E-state index contributed by atoms with van der Waals surface area (Å²) in [5, 5.41) is 12.5. The first-order valence-corrected chi connectivity index (χ1v) is 6.67. The summed E-state index contributed by atoms with van der Waals surface area (Å²) in [5.41, 5.74) is 0. The van der Waals surface area contributed by atoms with Gasteiger partial charge in [0.2, 0.25) is 0 Å². The summed E-state index contributed by atoms with van der Waals surface area (Å²) in [5.74, 6) is 2.30. The lowest BCUT2D eigenvalue weighted by Gasteiger charge is -2.33. The molecule has 102 valence electrons. The van der Waals surface area contributed by atoms with E-state index in [0.29, 0.717) is 24.9 Å². The number of nitrogens with one attached hydrogen (secondary N) is 1. The van der Waals surface area contributed by atoms with E-state index in [4.69, 9.17) is 6.42 Å². The van der Waals surface area contributed by atoms with E-state index in [1.807, 2.05) is 13.8 Å². The van der Waals surface area contributed by atoms with Crippen molar-refractivity contribution in [2.45, 2.75) is 45.2 Å². The van der Waals surface area contributed by atoms with E-state index < -0.39 is 12.0 Å². The first-order chi connectivity index (χ1) is 8.52. The van der Waals surface area contributed by atoms with E-state index >= 15 is 0 Å². The maximum atomic E-state index is 11.2. The molecule has 0 saturated carbocycles. The number of carboxylic acids is 1. The van der Waals surface area contributed by atoms with Crippen molar-refractivity contribution >= 4 is 5.97 Å². The van der Waals surface area contributed by atoms with Crippen LogP contribution in [0.1, 0.15) is 33.1 Å². The predicted octanol–water partition coefficient (Wildman–Crippen LogP) is 1.17. The summed E-state index contributed by atoms with van der Waals surface area (Å²) in [4.78, 5) is 13.4. The maximum absolute atomic E-state index is 11.2. The molecule has 0 aliphatic carbocycles. The number of carbonyl (C=O) groups is 1. The van der Waals surface area contributed by atoms with Crippen molar-refractivity contribution in [1.82, 2.24) is 10.2 Å². The van der Waals surface area contributed by atoms with Crippen LogP contribution in [0.5, 0.6) is 0 Å². The Hall–Kier alpha value is -1.05. The molecule has 1 saturated heterocycles. The van der Waals surface area contributed by atoms with Gasteiger partial charge in [-0.2, -0.15) is 0 Å². The van der Waals surface area contributed by atoms with Crippen LogP contribution < -0.4 is 5.32 Å². The lowest BCUT2D eigenvalue weighted by Crippen LogP contribution is -2.49. The first kappa shape index (κ1) is 15.0. The molecule has 4 heteroatoms. The molecular weight excluding hydrogens is 228 g/mol. The molecule has 0 amide bonds. The van der Waals surface area contributed by atoms with Crippen molar-refractivity contribution in [1.29, 1.82) is 0 Å². The Morgan fingerprint density at radius 1 is 1.50 bits per heavy atom. The van der Waals surface area contributed by atoms with Gasteiger partial charge in [0.1, 0.15) is 6.04 Å². The maximum Gasteiger partial charge on any atom is 0.320 e. The molecule has 0 aromatic heterocycles. The molecule has 1 aliphatic rings. The van der Waals surface area contributed by atoms with Gasteiger partial charge in [-0.15, -0.1) is 6.42 Å². The molecule has 1 fully saturated rings. The lowest BCUT2D eigenvalue weighted by molar-refractivity contribution is -0.140. The van der Waals surface area contributed by atoms with Crippen molar-refractivity contribution < 1.29 is 9.90 Å². The fourth-order valence-corrected chi connectivity index (χ4v) is 2.38. The van der Waals surface area contributed by atoms with Crippen LogP contribution in [0.4, 0.5) is 0 Å². The highest BCUT2D eigenvalue weighted by molar-refractivity contribution is 5.73. The van der Waals surface area contributed by atoms with Gasteiger partial charge >= 0.3 is 5.97 Å². The Morgan fingerprint density at radius 3 is 2.56 bits per heavy atom. The number of likely N-dealkylation sites (tertiary alicyclic amines) is 1. The van der Waals surface area contributed by atoms with E-state index in [-0.39, 0.29) is 0 Å². The molecule has 1 heterocycles. The van der Waals surface area contributed by atoms with Crippen molar-refractivity contribution in [3.63, 3.8) is 0 Å². The molecule has 1 atom stereocenters. The van der Waals surface area contributed by atoms with Gasteiger partial charge in [0, 0.05) is 19.1 Å². The Kier molecular flexibility index (Phi) is 6.17. The highest BCUT2D eigenvalue weighted by atomic mass is 16.4. The molecule has 4 nitrogen and oxygen atoms in total. The van der Waals surface area contributed by atoms with Gasteiger partial charge in [0.15, 0.2) is 0 Å². The van der Waals surface area contributed by atoms with Crippen molar-refractivity contribution in [2.24, 2.45) is 5.92 Å². The summed E-state index contributed by atoms with van der Waals surface area (Å²) in [7, 11) is 0. The third-order valence-corrected chi connectivity index (χ3v) is 3.34. The third-order valence-electron chi connectivity index (χ3n) is 3.34. The number of nitrogens with zero attached hydrogens (tertiary/aromatic N) is 1. The standard InChI is InChI=1S/C14H24N2O2/c1-4-7-16-8-5-12(6-9-16)15-13(14(17)18)10-11(2)3/h1,11-13,15H,5-10H2,2-3H3,(H,17,18). The molecule has 2 N–H and O–H groups in total. The van der Waals surface area contributed by atoms with E-state index in [2.05, 4.69) is 16.1 Å². The normalized spacial score (nSPS) is 19.7. The minimum atomic E-state index is -0.741. The zero-order valence-electron chi connectivity index (χ0n) is 11.4. The second kappa shape index (κ2) is 7.40. The van der Waals surface area contributed by atoms with Crippen molar-refractivity contribution in [3.8, 4) is 12.3 Å². The molecule has 1 unspecified atom stereocenters. The van der Waals surface area contributed by atoms with Gasteiger partial charge in [0.25, 0.3) is 0 Å². The predicted molar refractivity (Wildman–Crippen MR) is 72.3 cm³/mol. The second-order valence-electron chi connectivity index (χ2n) is 5.44. The number of hydrogen-bond donors (Lipinski definition) is 2. The highest BCUT2D eigenvalue weighted by Crippen LogP contribution is 2.13. The molecule has 0 radical (unpaired) electrons. The zero-order valence-corrected chi connectivity index (χ0v) is 11.4. The van der Waals surface area contributed by atoms with Crippen LogP contribution in [0, 0.1) is 18.3 Å². The number of piperidine rings is 1.